The first kappa shape index (κ1) is 18.4. The quantitative estimate of drug-likeness (QED) is 0.671. The molecule has 3 aromatic rings. The fraction of sp³-hybridized carbons (Fsp3) is 0.250. The maximum atomic E-state index is 12.3. The minimum absolute atomic E-state index is 0.0721. The molecule has 0 spiro atoms. The number of benzene rings is 1. The molecule has 1 aromatic carbocycles. The molecule has 0 aliphatic carbocycles. The van der Waals surface area contributed by atoms with E-state index < -0.39 is 0 Å². The Labute approximate surface area is 166 Å². The summed E-state index contributed by atoms with van der Waals surface area (Å²) in [6.07, 6.45) is 3.93. The molecule has 1 aliphatic rings. The third-order valence-electron chi connectivity index (χ3n) is 4.56. The van der Waals surface area contributed by atoms with Crippen LogP contribution in [0.1, 0.15) is 27.6 Å². The number of aromatic nitrogens is 2. The smallest absolute Gasteiger partial charge is 0.256 e. The van der Waals surface area contributed by atoms with Crippen molar-refractivity contribution in [1.82, 2.24) is 15.1 Å². The van der Waals surface area contributed by atoms with Gasteiger partial charge in [-0.1, -0.05) is 24.3 Å². The number of thiophene rings is 1. The average molecular weight is 396 g/mol. The van der Waals surface area contributed by atoms with Crippen LogP contribution in [0.3, 0.4) is 0 Å². The van der Waals surface area contributed by atoms with Crippen LogP contribution in [-0.4, -0.2) is 34.7 Å². The molecule has 0 fully saturated rings. The summed E-state index contributed by atoms with van der Waals surface area (Å²) in [4.78, 5) is 24.3. The normalized spacial score (nSPS) is 15.6. The highest BCUT2D eigenvalue weighted by atomic mass is 32.1. The molecule has 0 radical (unpaired) electrons. The van der Waals surface area contributed by atoms with E-state index in [4.69, 9.17) is 4.74 Å². The summed E-state index contributed by atoms with van der Waals surface area (Å²) in [5.74, 6) is -0.358. The van der Waals surface area contributed by atoms with Gasteiger partial charge in [-0.15, -0.1) is 0 Å². The van der Waals surface area contributed by atoms with Gasteiger partial charge >= 0.3 is 0 Å². The van der Waals surface area contributed by atoms with Gasteiger partial charge < -0.3 is 15.4 Å². The Kier molecular flexibility index (Phi) is 5.50. The van der Waals surface area contributed by atoms with Crippen LogP contribution in [0.5, 0.6) is 0 Å². The lowest BCUT2D eigenvalue weighted by molar-refractivity contribution is -0.122. The van der Waals surface area contributed by atoms with Gasteiger partial charge in [-0.05, 0) is 29.0 Å². The van der Waals surface area contributed by atoms with Crippen molar-refractivity contribution in [2.24, 2.45) is 0 Å². The Morgan fingerprint density at radius 2 is 2.18 bits per heavy atom. The number of hydrogen-bond acceptors (Lipinski definition) is 5. The number of carbonyl (C=O) groups excluding carboxylic acids is 2. The molecule has 1 aliphatic heterocycles. The number of amides is 2. The van der Waals surface area contributed by atoms with E-state index in [1.807, 2.05) is 23.6 Å². The fourth-order valence-electron chi connectivity index (χ4n) is 3.17. The number of fused-ring (bicyclic) bond motifs is 1. The lowest BCUT2D eigenvalue weighted by atomic mass is 9.97. The third-order valence-corrected chi connectivity index (χ3v) is 5.24. The third kappa shape index (κ3) is 4.29. The van der Waals surface area contributed by atoms with Gasteiger partial charge in [0.15, 0.2) is 0 Å². The van der Waals surface area contributed by atoms with Gasteiger partial charge in [-0.2, -0.15) is 16.4 Å². The zero-order valence-electron chi connectivity index (χ0n) is 15.1. The molecule has 2 amide bonds. The molecule has 2 aromatic heterocycles. The first-order chi connectivity index (χ1) is 13.7. The monoisotopic (exact) mass is 396 g/mol. The van der Waals surface area contributed by atoms with Crippen LogP contribution in [-0.2, 0) is 22.5 Å². The highest BCUT2D eigenvalue weighted by molar-refractivity contribution is 7.08. The van der Waals surface area contributed by atoms with Crippen molar-refractivity contribution >= 4 is 28.8 Å². The largest absolute Gasteiger partial charge is 0.371 e. The minimum Gasteiger partial charge on any atom is -0.371 e. The summed E-state index contributed by atoms with van der Waals surface area (Å²) in [6.45, 7) is 1.14. The van der Waals surface area contributed by atoms with Crippen molar-refractivity contribution in [1.29, 1.82) is 0 Å². The summed E-state index contributed by atoms with van der Waals surface area (Å²) < 4.78 is 7.30. The molecule has 4 rings (SSSR count). The average Bonchev–Trinajstić information content (AvgIpc) is 3.39. The van der Waals surface area contributed by atoms with Crippen molar-refractivity contribution in [2.45, 2.75) is 19.1 Å². The molecule has 7 nitrogen and oxygen atoms in total. The topological polar surface area (TPSA) is 85.2 Å². The molecular formula is C20H20N4O3S. The van der Waals surface area contributed by atoms with Crippen molar-refractivity contribution in [3.8, 4) is 0 Å². The summed E-state index contributed by atoms with van der Waals surface area (Å²) in [6, 6.07) is 9.90. The number of rotatable bonds is 6. The molecule has 28 heavy (non-hydrogen) atoms. The molecular weight excluding hydrogens is 376 g/mol. The molecule has 1 atom stereocenters. The van der Waals surface area contributed by atoms with Crippen LogP contribution in [0.25, 0.3) is 0 Å². The van der Waals surface area contributed by atoms with Gasteiger partial charge in [0.25, 0.3) is 5.91 Å². The SMILES string of the molecule is O=C(Cn1cc(NC(=O)c2ccsc2)cn1)NC[C@@H]1OCCc2ccccc21. The number of hydrogen-bond donors (Lipinski definition) is 2. The van der Waals surface area contributed by atoms with E-state index in [1.54, 1.807) is 17.6 Å². The van der Waals surface area contributed by atoms with Crippen molar-refractivity contribution < 1.29 is 14.3 Å². The summed E-state index contributed by atoms with van der Waals surface area (Å²) >= 11 is 1.46. The second kappa shape index (κ2) is 8.37. The van der Waals surface area contributed by atoms with Gasteiger partial charge in [0.1, 0.15) is 12.6 Å². The first-order valence-electron chi connectivity index (χ1n) is 9.01. The molecule has 0 saturated carbocycles. The van der Waals surface area contributed by atoms with E-state index in [1.165, 1.54) is 27.8 Å². The fourth-order valence-corrected chi connectivity index (χ4v) is 3.80. The van der Waals surface area contributed by atoms with Gasteiger partial charge in [0.2, 0.25) is 5.91 Å². The zero-order valence-corrected chi connectivity index (χ0v) is 15.9. The Hall–Kier alpha value is -2.97. The standard InChI is InChI=1S/C20H20N4O3S/c25-19(21-10-18-17-4-2-1-3-14(17)5-7-27-18)12-24-11-16(9-22-24)23-20(26)15-6-8-28-13-15/h1-4,6,8-9,11,13,18H,5,7,10,12H2,(H,21,25)(H,23,26)/t18-/m0/s1. The predicted octanol–water partition coefficient (Wildman–Crippen LogP) is 2.63. The second-order valence-corrected chi connectivity index (χ2v) is 7.29. The first-order valence-corrected chi connectivity index (χ1v) is 9.95. The molecule has 3 heterocycles. The Morgan fingerprint density at radius 1 is 1.29 bits per heavy atom. The van der Waals surface area contributed by atoms with Gasteiger partial charge in [-0.25, -0.2) is 0 Å². The van der Waals surface area contributed by atoms with Crippen molar-refractivity contribution in [3.63, 3.8) is 0 Å². The highest BCUT2D eigenvalue weighted by Crippen LogP contribution is 2.26. The van der Waals surface area contributed by atoms with E-state index >= 15 is 0 Å². The van der Waals surface area contributed by atoms with E-state index in [-0.39, 0.29) is 24.5 Å². The minimum atomic E-state index is -0.196. The summed E-state index contributed by atoms with van der Waals surface area (Å²) in [7, 11) is 0. The van der Waals surface area contributed by atoms with Crippen LogP contribution >= 0.6 is 11.3 Å². The molecule has 0 unspecified atom stereocenters. The number of ether oxygens (including phenoxy) is 1. The number of nitrogens with one attached hydrogen (secondary N) is 2. The molecule has 144 valence electrons. The van der Waals surface area contributed by atoms with Crippen molar-refractivity contribution in [3.05, 3.63) is 70.2 Å². The highest BCUT2D eigenvalue weighted by Gasteiger charge is 2.21. The molecule has 0 saturated heterocycles. The van der Waals surface area contributed by atoms with Crippen LogP contribution in [0.4, 0.5) is 5.69 Å². The number of carbonyl (C=O) groups is 2. The van der Waals surface area contributed by atoms with Gasteiger partial charge in [0, 0.05) is 18.1 Å². The predicted molar refractivity (Wildman–Crippen MR) is 106 cm³/mol. The zero-order chi connectivity index (χ0) is 19.3. The van der Waals surface area contributed by atoms with Crippen LogP contribution in [0.15, 0.2) is 53.5 Å². The Bertz CT molecular complexity index is 968. The molecule has 8 heteroatoms. The maximum absolute atomic E-state index is 12.3. The van der Waals surface area contributed by atoms with E-state index in [2.05, 4.69) is 21.8 Å². The number of nitrogens with zero attached hydrogens (tertiary/aromatic N) is 2. The van der Waals surface area contributed by atoms with Crippen LogP contribution in [0, 0.1) is 0 Å². The summed E-state index contributed by atoms with van der Waals surface area (Å²) in [5.41, 5.74) is 3.55. The summed E-state index contributed by atoms with van der Waals surface area (Å²) in [5, 5.41) is 13.4. The number of anilines is 1. The van der Waals surface area contributed by atoms with Crippen molar-refractivity contribution in [2.75, 3.05) is 18.5 Å². The van der Waals surface area contributed by atoms with E-state index in [9.17, 15) is 9.59 Å². The molecule has 0 bridgehead atoms. The lowest BCUT2D eigenvalue weighted by Gasteiger charge is -2.26. The Balaban J connectivity index is 1.29. The van der Waals surface area contributed by atoms with Gasteiger partial charge in [0.05, 0.1) is 24.1 Å². The van der Waals surface area contributed by atoms with Crippen LogP contribution in [0.2, 0.25) is 0 Å². The second-order valence-electron chi connectivity index (χ2n) is 6.51. The Morgan fingerprint density at radius 3 is 3.04 bits per heavy atom. The molecule has 2 N–H and O–H groups in total. The van der Waals surface area contributed by atoms with Gasteiger partial charge in [-0.3, -0.25) is 14.3 Å². The maximum Gasteiger partial charge on any atom is 0.256 e. The van der Waals surface area contributed by atoms with E-state index in [0.29, 0.717) is 24.4 Å². The van der Waals surface area contributed by atoms with E-state index in [0.717, 1.165) is 12.0 Å². The lowest BCUT2D eigenvalue weighted by Crippen LogP contribution is -2.34. The van der Waals surface area contributed by atoms with Crippen LogP contribution < -0.4 is 10.6 Å².